The minimum absolute atomic E-state index is 0.0872. The second-order valence-electron chi connectivity index (χ2n) is 7.72. The smallest absolute Gasteiger partial charge is 0.254 e. The molecule has 1 aliphatic carbocycles. The highest BCUT2D eigenvalue weighted by Crippen LogP contribution is 2.35. The van der Waals surface area contributed by atoms with Crippen molar-refractivity contribution in [3.8, 4) is 0 Å². The van der Waals surface area contributed by atoms with Crippen LogP contribution in [0, 0.1) is 5.92 Å². The van der Waals surface area contributed by atoms with Gasteiger partial charge in [-0.3, -0.25) is 9.79 Å². The summed E-state index contributed by atoms with van der Waals surface area (Å²) in [5.74, 6) is 0.901. The molecule has 0 aromatic heterocycles. The highest BCUT2D eigenvalue weighted by Gasteiger charge is 2.49. The summed E-state index contributed by atoms with van der Waals surface area (Å²) in [6.45, 7) is 0.474. The van der Waals surface area contributed by atoms with Gasteiger partial charge in [0.05, 0.1) is 4.90 Å². The Hall–Kier alpha value is -1.44. The first kappa shape index (κ1) is 18.9. The number of halogens is 1. The third-order valence-corrected chi connectivity index (χ3v) is 7.94. The summed E-state index contributed by atoms with van der Waals surface area (Å²) in [7, 11) is -3.71. The summed E-state index contributed by atoms with van der Waals surface area (Å²) >= 11 is 5.97. The van der Waals surface area contributed by atoms with Crippen LogP contribution in [0.1, 0.15) is 44.9 Å². The molecule has 0 radical (unpaired) electrons. The van der Waals surface area contributed by atoms with Crippen molar-refractivity contribution in [2.75, 3.05) is 13.1 Å². The highest BCUT2D eigenvalue weighted by molar-refractivity contribution is 7.89. The number of nitrogens with zero attached hydrogens (tertiary/aromatic N) is 2. The third kappa shape index (κ3) is 3.52. The van der Waals surface area contributed by atoms with E-state index in [1.165, 1.54) is 22.9 Å². The maximum atomic E-state index is 13.1. The number of nitrogens with one attached hydrogen (secondary N) is 1. The molecular formula is C19H24ClN3O3S. The Balaban J connectivity index is 1.60. The fraction of sp³-hybridized carbons (Fsp3) is 0.579. The van der Waals surface area contributed by atoms with Crippen LogP contribution < -0.4 is 5.32 Å². The molecule has 2 heterocycles. The molecule has 27 heavy (non-hydrogen) atoms. The number of amidine groups is 1. The van der Waals surface area contributed by atoms with Gasteiger partial charge >= 0.3 is 0 Å². The summed E-state index contributed by atoms with van der Waals surface area (Å²) in [5.41, 5.74) is -0.989. The standard InChI is InChI=1S/C19H24ClN3O3S/c20-15-8-4-9-16(12-15)27(25,26)23-11-5-10-19(13-23)18(24)21-17(22-19)14-6-2-1-3-7-14/h4,8-9,12,14H,1-3,5-7,10-11,13H2,(H,21,22,24). The molecule has 1 atom stereocenters. The molecule has 2 aliphatic heterocycles. The van der Waals surface area contributed by atoms with E-state index in [9.17, 15) is 13.2 Å². The molecule has 1 unspecified atom stereocenters. The maximum Gasteiger partial charge on any atom is 0.254 e. The molecule has 1 aromatic rings. The van der Waals surface area contributed by atoms with Crippen LogP contribution in [0.15, 0.2) is 34.2 Å². The fourth-order valence-electron chi connectivity index (χ4n) is 4.37. The number of carbonyl (C=O) groups excluding carboxylic acids is 1. The van der Waals surface area contributed by atoms with E-state index < -0.39 is 15.6 Å². The van der Waals surface area contributed by atoms with Crippen LogP contribution in [0.5, 0.6) is 0 Å². The average Bonchev–Trinajstić information content (AvgIpc) is 2.98. The summed E-state index contributed by atoms with van der Waals surface area (Å²) in [6, 6.07) is 6.25. The highest BCUT2D eigenvalue weighted by atomic mass is 35.5. The number of hydrogen-bond donors (Lipinski definition) is 1. The lowest BCUT2D eigenvalue weighted by Gasteiger charge is -2.35. The zero-order valence-corrected chi connectivity index (χ0v) is 16.7. The van der Waals surface area contributed by atoms with Crippen LogP contribution in [0.4, 0.5) is 0 Å². The van der Waals surface area contributed by atoms with Crippen LogP contribution in [-0.4, -0.2) is 43.1 Å². The molecule has 1 saturated carbocycles. The van der Waals surface area contributed by atoms with E-state index in [4.69, 9.17) is 16.6 Å². The van der Waals surface area contributed by atoms with E-state index in [0.717, 1.165) is 31.5 Å². The Morgan fingerprint density at radius 1 is 1.19 bits per heavy atom. The normalized spacial score (nSPS) is 27.6. The Bertz CT molecular complexity index is 880. The van der Waals surface area contributed by atoms with Crippen molar-refractivity contribution in [2.45, 2.75) is 55.4 Å². The number of rotatable bonds is 3. The number of aliphatic imine (C=N–C) groups is 1. The predicted molar refractivity (Wildman–Crippen MR) is 104 cm³/mol. The van der Waals surface area contributed by atoms with E-state index in [1.807, 2.05) is 0 Å². The Morgan fingerprint density at radius 2 is 1.96 bits per heavy atom. The first-order chi connectivity index (χ1) is 12.9. The summed E-state index contributed by atoms with van der Waals surface area (Å²) in [6.07, 6.45) is 6.81. The lowest BCUT2D eigenvalue weighted by atomic mass is 9.88. The van der Waals surface area contributed by atoms with Gasteiger partial charge in [0.15, 0.2) is 5.54 Å². The fourth-order valence-corrected chi connectivity index (χ4v) is 6.20. The Morgan fingerprint density at radius 3 is 2.70 bits per heavy atom. The molecule has 0 bridgehead atoms. The van der Waals surface area contributed by atoms with Crippen LogP contribution in [-0.2, 0) is 14.8 Å². The lowest BCUT2D eigenvalue weighted by molar-refractivity contribution is -0.124. The molecule has 3 aliphatic rings. The summed E-state index contributed by atoms with van der Waals surface area (Å²) in [5, 5.41) is 3.35. The molecule has 6 nitrogen and oxygen atoms in total. The monoisotopic (exact) mass is 409 g/mol. The van der Waals surface area contributed by atoms with Crippen LogP contribution >= 0.6 is 11.6 Å². The second-order valence-corrected chi connectivity index (χ2v) is 10.1. The maximum absolute atomic E-state index is 13.1. The van der Waals surface area contributed by atoms with Gasteiger partial charge in [-0.15, -0.1) is 0 Å². The number of piperidine rings is 1. The van der Waals surface area contributed by atoms with Crippen LogP contribution in [0.25, 0.3) is 0 Å². The summed E-state index contributed by atoms with van der Waals surface area (Å²) < 4.78 is 27.5. The van der Waals surface area contributed by atoms with Gasteiger partial charge in [0.25, 0.3) is 5.91 Å². The van der Waals surface area contributed by atoms with Crippen molar-refractivity contribution in [2.24, 2.45) is 10.9 Å². The molecule has 1 spiro atoms. The second kappa shape index (κ2) is 7.18. The first-order valence-electron chi connectivity index (χ1n) is 9.58. The molecule has 2 fully saturated rings. The summed E-state index contributed by atoms with van der Waals surface area (Å²) in [4.78, 5) is 17.7. The van der Waals surface area contributed by atoms with Crippen molar-refractivity contribution in [3.05, 3.63) is 29.3 Å². The molecule has 1 amide bonds. The quantitative estimate of drug-likeness (QED) is 0.833. The van der Waals surface area contributed by atoms with Crippen molar-refractivity contribution in [3.63, 3.8) is 0 Å². The Labute approximate surface area is 165 Å². The van der Waals surface area contributed by atoms with Gasteiger partial charge in [0.2, 0.25) is 10.0 Å². The van der Waals surface area contributed by atoms with Gasteiger partial charge in [0.1, 0.15) is 5.84 Å². The predicted octanol–water partition coefficient (Wildman–Crippen LogP) is 2.97. The molecule has 1 saturated heterocycles. The largest absolute Gasteiger partial charge is 0.312 e. The van der Waals surface area contributed by atoms with E-state index in [0.29, 0.717) is 30.3 Å². The Kier molecular flexibility index (Phi) is 5.03. The number of benzene rings is 1. The zero-order chi connectivity index (χ0) is 19.1. The van der Waals surface area contributed by atoms with Gasteiger partial charge in [-0.2, -0.15) is 4.31 Å². The first-order valence-corrected chi connectivity index (χ1v) is 11.4. The van der Waals surface area contributed by atoms with E-state index in [2.05, 4.69) is 5.32 Å². The number of carbonyl (C=O) groups is 1. The molecule has 1 aromatic carbocycles. The van der Waals surface area contributed by atoms with Crippen molar-refractivity contribution in [1.82, 2.24) is 9.62 Å². The molecular weight excluding hydrogens is 386 g/mol. The van der Waals surface area contributed by atoms with E-state index in [1.54, 1.807) is 12.1 Å². The molecule has 8 heteroatoms. The average molecular weight is 410 g/mol. The zero-order valence-electron chi connectivity index (χ0n) is 15.2. The van der Waals surface area contributed by atoms with Crippen LogP contribution in [0.3, 0.4) is 0 Å². The van der Waals surface area contributed by atoms with Crippen LogP contribution in [0.2, 0.25) is 5.02 Å². The topological polar surface area (TPSA) is 78.8 Å². The van der Waals surface area contributed by atoms with Gasteiger partial charge in [-0.1, -0.05) is 36.9 Å². The van der Waals surface area contributed by atoms with Crippen molar-refractivity contribution in [1.29, 1.82) is 0 Å². The van der Waals surface area contributed by atoms with Gasteiger partial charge in [-0.05, 0) is 43.9 Å². The van der Waals surface area contributed by atoms with Gasteiger partial charge < -0.3 is 5.32 Å². The minimum Gasteiger partial charge on any atom is -0.312 e. The minimum atomic E-state index is -3.71. The SMILES string of the molecule is O=C1NC(C2CCCCC2)=NC12CCCN(S(=O)(=O)c1cccc(Cl)c1)C2. The lowest BCUT2D eigenvalue weighted by Crippen LogP contribution is -2.54. The third-order valence-electron chi connectivity index (χ3n) is 5.86. The number of sulfonamides is 1. The number of amides is 1. The van der Waals surface area contributed by atoms with Gasteiger partial charge in [-0.25, -0.2) is 8.42 Å². The van der Waals surface area contributed by atoms with E-state index >= 15 is 0 Å². The molecule has 1 N–H and O–H groups in total. The van der Waals surface area contributed by atoms with Gasteiger partial charge in [0, 0.05) is 24.0 Å². The van der Waals surface area contributed by atoms with Crippen molar-refractivity contribution < 1.29 is 13.2 Å². The molecule has 146 valence electrons. The van der Waals surface area contributed by atoms with Crippen molar-refractivity contribution >= 4 is 33.4 Å². The van der Waals surface area contributed by atoms with E-state index in [-0.39, 0.29) is 17.3 Å². The number of hydrogen-bond acceptors (Lipinski definition) is 4. The molecule has 4 rings (SSSR count).